The summed E-state index contributed by atoms with van der Waals surface area (Å²) >= 11 is 0. The highest BCUT2D eigenvalue weighted by Gasteiger charge is 2.20. The Morgan fingerprint density at radius 3 is 2.65 bits per heavy atom. The zero-order chi connectivity index (χ0) is 15.3. The molecule has 0 saturated heterocycles. The molecule has 20 heavy (non-hydrogen) atoms. The molecule has 0 aliphatic carbocycles. The fourth-order valence-electron chi connectivity index (χ4n) is 1.32. The van der Waals surface area contributed by atoms with Crippen LogP contribution >= 0.6 is 0 Å². The van der Waals surface area contributed by atoms with E-state index in [-0.39, 0.29) is 23.8 Å². The first-order valence-corrected chi connectivity index (χ1v) is 6.94. The lowest BCUT2D eigenvalue weighted by atomic mass is 10.3. The molecule has 0 saturated carbocycles. The summed E-state index contributed by atoms with van der Waals surface area (Å²) in [4.78, 5) is 20.3. The molecule has 0 fully saturated rings. The maximum atomic E-state index is 11.8. The first kappa shape index (κ1) is 15.9. The number of amides is 1. The number of nitro benzene ring substituents is 1. The highest BCUT2D eigenvalue weighted by Crippen LogP contribution is 2.27. The van der Waals surface area contributed by atoms with Crippen molar-refractivity contribution in [2.24, 2.45) is 0 Å². The van der Waals surface area contributed by atoms with E-state index in [0.717, 1.165) is 18.2 Å². The standard InChI is InChI=1S/C10H13N3O6S/c1-11-10(15)4-5-12-20(18,19)7-2-3-9(14)8(6-7)13(16)17/h2-3,6,12,14H,4-5H2,1H3,(H,11,15). The van der Waals surface area contributed by atoms with E-state index in [1.54, 1.807) is 0 Å². The number of phenols is 1. The third kappa shape index (κ3) is 3.90. The first-order chi connectivity index (χ1) is 9.27. The number of nitrogens with one attached hydrogen (secondary N) is 2. The molecule has 0 heterocycles. The van der Waals surface area contributed by atoms with Crippen molar-refractivity contribution >= 4 is 21.6 Å². The van der Waals surface area contributed by atoms with Gasteiger partial charge < -0.3 is 10.4 Å². The zero-order valence-corrected chi connectivity index (χ0v) is 11.3. The van der Waals surface area contributed by atoms with Gasteiger partial charge in [0.1, 0.15) is 0 Å². The van der Waals surface area contributed by atoms with Crippen molar-refractivity contribution in [3.05, 3.63) is 28.3 Å². The van der Waals surface area contributed by atoms with E-state index < -0.39 is 26.4 Å². The Bertz CT molecular complexity index is 628. The normalized spacial score (nSPS) is 11.1. The van der Waals surface area contributed by atoms with Crippen LogP contribution in [0, 0.1) is 10.1 Å². The topological polar surface area (TPSA) is 139 Å². The van der Waals surface area contributed by atoms with Gasteiger partial charge in [0.25, 0.3) is 0 Å². The second-order valence-electron chi connectivity index (χ2n) is 3.73. The molecule has 9 nitrogen and oxygen atoms in total. The van der Waals surface area contributed by atoms with Crippen LogP contribution in [0.1, 0.15) is 6.42 Å². The Labute approximate surface area is 114 Å². The number of carbonyl (C=O) groups excluding carboxylic acids is 1. The molecule has 110 valence electrons. The number of nitro groups is 1. The van der Waals surface area contributed by atoms with Gasteiger partial charge in [-0.1, -0.05) is 0 Å². The molecule has 0 unspecified atom stereocenters. The van der Waals surface area contributed by atoms with Gasteiger partial charge in [-0.2, -0.15) is 0 Å². The summed E-state index contributed by atoms with van der Waals surface area (Å²) in [7, 11) is -2.57. The van der Waals surface area contributed by atoms with Crippen LogP contribution in [0.2, 0.25) is 0 Å². The maximum Gasteiger partial charge on any atom is 0.312 e. The lowest BCUT2D eigenvalue weighted by Crippen LogP contribution is -2.29. The average Bonchev–Trinajstić information content (AvgIpc) is 2.38. The van der Waals surface area contributed by atoms with Gasteiger partial charge >= 0.3 is 5.69 Å². The summed E-state index contributed by atoms with van der Waals surface area (Å²) in [6.07, 6.45) is -0.0596. The predicted molar refractivity (Wildman–Crippen MR) is 68.6 cm³/mol. The summed E-state index contributed by atoms with van der Waals surface area (Å²) in [6.45, 7) is -0.142. The Kier molecular flexibility index (Phi) is 5.00. The van der Waals surface area contributed by atoms with E-state index in [0.29, 0.717) is 0 Å². The van der Waals surface area contributed by atoms with Crippen LogP contribution < -0.4 is 10.0 Å². The third-order valence-electron chi connectivity index (χ3n) is 2.38. The molecule has 0 aromatic heterocycles. The van der Waals surface area contributed by atoms with Gasteiger partial charge in [-0.25, -0.2) is 13.1 Å². The number of aromatic hydroxyl groups is 1. The molecular formula is C10H13N3O6S. The number of benzene rings is 1. The SMILES string of the molecule is CNC(=O)CCNS(=O)(=O)c1ccc(O)c([N+](=O)[O-])c1. The number of hydrogen-bond acceptors (Lipinski definition) is 6. The highest BCUT2D eigenvalue weighted by atomic mass is 32.2. The number of sulfonamides is 1. The molecule has 0 bridgehead atoms. The van der Waals surface area contributed by atoms with Crippen molar-refractivity contribution in [2.75, 3.05) is 13.6 Å². The summed E-state index contributed by atoms with van der Waals surface area (Å²) in [5.41, 5.74) is -0.709. The molecule has 0 spiro atoms. The molecule has 0 radical (unpaired) electrons. The Morgan fingerprint density at radius 1 is 1.45 bits per heavy atom. The van der Waals surface area contributed by atoms with Crippen LogP contribution in [0.5, 0.6) is 5.75 Å². The average molecular weight is 303 g/mol. The Balaban J connectivity index is 2.90. The Hall–Kier alpha value is -2.20. The lowest BCUT2D eigenvalue weighted by molar-refractivity contribution is -0.386. The van der Waals surface area contributed by atoms with Crippen LogP contribution in [0.3, 0.4) is 0 Å². The van der Waals surface area contributed by atoms with Gasteiger partial charge in [0, 0.05) is 26.1 Å². The molecule has 10 heteroatoms. The van der Waals surface area contributed by atoms with Crippen molar-refractivity contribution in [1.29, 1.82) is 0 Å². The minimum Gasteiger partial charge on any atom is -0.502 e. The van der Waals surface area contributed by atoms with Crippen molar-refractivity contribution < 1.29 is 23.2 Å². The van der Waals surface area contributed by atoms with Gasteiger partial charge in [-0.15, -0.1) is 0 Å². The van der Waals surface area contributed by atoms with Crippen LogP contribution in [0.25, 0.3) is 0 Å². The number of phenolic OH excluding ortho intramolecular Hbond substituents is 1. The molecule has 0 aliphatic heterocycles. The van der Waals surface area contributed by atoms with Gasteiger partial charge in [0.05, 0.1) is 9.82 Å². The Morgan fingerprint density at radius 2 is 2.10 bits per heavy atom. The molecule has 3 N–H and O–H groups in total. The monoisotopic (exact) mass is 303 g/mol. The lowest BCUT2D eigenvalue weighted by Gasteiger charge is -2.06. The van der Waals surface area contributed by atoms with Crippen LogP contribution in [0.4, 0.5) is 5.69 Å². The first-order valence-electron chi connectivity index (χ1n) is 5.45. The minimum absolute atomic E-state index is 0.0596. The molecular weight excluding hydrogens is 290 g/mol. The van der Waals surface area contributed by atoms with E-state index in [1.165, 1.54) is 7.05 Å². The fourth-order valence-corrected chi connectivity index (χ4v) is 2.38. The van der Waals surface area contributed by atoms with Crippen molar-refractivity contribution in [2.45, 2.75) is 11.3 Å². The second-order valence-corrected chi connectivity index (χ2v) is 5.50. The smallest absolute Gasteiger partial charge is 0.312 e. The quantitative estimate of drug-likeness (QED) is 0.487. The van der Waals surface area contributed by atoms with Gasteiger partial charge in [0.2, 0.25) is 15.9 Å². The van der Waals surface area contributed by atoms with E-state index in [9.17, 15) is 28.4 Å². The maximum absolute atomic E-state index is 11.8. The second kappa shape index (κ2) is 6.30. The van der Waals surface area contributed by atoms with Gasteiger partial charge in [0.15, 0.2) is 5.75 Å². The molecule has 1 amide bonds. The van der Waals surface area contributed by atoms with Crippen LogP contribution in [-0.2, 0) is 14.8 Å². The number of rotatable bonds is 6. The molecule has 0 aliphatic rings. The molecule has 1 aromatic rings. The number of hydrogen-bond donors (Lipinski definition) is 3. The van der Waals surface area contributed by atoms with Crippen LogP contribution in [0.15, 0.2) is 23.1 Å². The fraction of sp³-hybridized carbons (Fsp3) is 0.300. The van der Waals surface area contributed by atoms with Gasteiger partial charge in [-0.05, 0) is 12.1 Å². The largest absolute Gasteiger partial charge is 0.502 e. The predicted octanol–water partition coefficient (Wildman–Crippen LogP) is -0.285. The summed E-state index contributed by atoms with van der Waals surface area (Å²) in [6, 6.07) is 2.70. The van der Waals surface area contributed by atoms with Crippen LogP contribution in [-0.4, -0.2) is 37.9 Å². The summed E-state index contributed by atoms with van der Waals surface area (Å²) in [5, 5.41) is 22.2. The van der Waals surface area contributed by atoms with E-state index in [4.69, 9.17) is 0 Å². The molecule has 1 aromatic carbocycles. The molecule has 1 rings (SSSR count). The highest BCUT2D eigenvalue weighted by molar-refractivity contribution is 7.89. The van der Waals surface area contributed by atoms with Crippen molar-refractivity contribution in [3.63, 3.8) is 0 Å². The third-order valence-corrected chi connectivity index (χ3v) is 3.84. The zero-order valence-electron chi connectivity index (χ0n) is 10.5. The summed E-state index contributed by atoms with van der Waals surface area (Å²) in [5.74, 6) is -0.969. The van der Waals surface area contributed by atoms with Crippen molar-refractivity contribution in [3.8, 4) is 5.75 Å². The van der Waals surface area contributed by atoms with E-state index in [2.05, 4.69) is 10.0 Å². The minimum atomic E-state index is -3.98. The number of carbonyl (C=O) groups is 1. The van der Waals surface area contributed by atoms with Gasteiger partial charge in [-0.3, -0.25) is 14.9 Å². The molecule has 0 atom stereocenters. The van der Waals surface area contributed by atoms with Crippen molar-refractivity contribution in [1.82, 2.24) is 10.0 Å². The summed E-state index contributed by atoms with van der Waals surface area (Å²) < 4.78 is 25.8. The van der Waals surface area contributed by atoms with E-state index in [1.807, 2.05) is 0 Å². The van der Waals surface area contributed by atoms with E-state index >= 15 is 0 Å². The number of nitrogens with zero attached hydrogens (tertiary/aromatic N) is 1.